The highest BCUT2D eigenvalue weighted by Gasteiger charge is 2.03. The fourth-order valence-corrected chi connectivity index (χ4v) is 1.21. The number of hydrogen-bond acceptors (Lipinski definition) is 1. The number of amides is 1. The van der Waals surface area contributed by atoms with Gasteiger partial charge >= 0.3 is 0 Å². The van der Waals surface area contributed by atoms with Crippen LogP contribution in [0.4, 0.5) is 10.1 Å². The van der Waals surface area contributed by atoms with Crippen LogP contribution in [0.1, 0.15) is 6.92 Å². The van der Waals surface area contributed by atoms with Gasteiger partial charge in [-0.3, -0.25) is 4.79 Å². The maximum absolute atomic E-state index is 12.8. The Bertz CT molecular complexity index is 420. The van der Waals surface area contributed by atoms with Crippen molar-refractivity contribution >= 4 is 27.5 Å². The van der Waals surface area contributed by atoms with Crippen molar-refractivity contribution in [3.63, 3.8) is 0 Å². The number of benzene rings is 1. The van der Waals surface area contributed by atoms with Crippen LogP contribution < -0.4 is 5.32 Å². The lowest BCUT2D eigenvalue weighted by Gasteiger charge is -2.03. The van der Waals surface area contributed by atoms with Crippen molar-refractivity contribution < 1.29 is 9.18 Å². The second-order valence-electron chi connectivity index (χ2n) is 2.45. The molecule has 0 aliphatic carbocycles. The van der Waals surface area contributed by atoms with Crippen molar-refractivity contribution in [2.45, 2.75) is 6.92 Å². The number of anilines is 1. The molecule has 0 saturated carbocycles. The van der Waals surface area contributed by atoms with Gasteiger partial charge in [-0.15, -0.1) is 0 Å². The van der Waals surface area contributed by atoms with E-state index in [1.54, 1.807) is 6.92 Å². The van der Waals surface area contributed by atoms with E-state index in [2.05, 4.69) is 33.1 Å². The van der Waals surface area contributed by atoms with Crippen LogP contribution in [0.5, 0.6) is 0 Å². The molecule has 1 rings (SSSR count). The van der Waals surface area contributed by atoms with Crippen molar-refractivity contribution in [1.82, 2.24) is 0 Å². The number of rotatable bonds is 1. The maximum Gasteiger partial charge on any atom is 0.300 e. The predicted octanol–water partition coefficient (Wildman–Crippen LogP) is 2.55. The quantitative estimate of drug-likeness (QED) is 0.768. The number of carbonyl (C=O) groups is 1. The smallest absolute Gasteiger partial charge is 0.300 e. The first-order chi connectivity index (χ1) is 6.63. The first kappa shape index (κ1) is 10.7. The average Bonchev–Trinajstić information content (AvgIpc) is 2.12. The van der Waals surface area contributed by atoms with Crippen LogP contribution in [0.3, 0.4) is 0 Å². The monoisotopic (exact) mass is 255 g/mol. The Balaban J connectivity index is 2.89. The summed E-state index contributed by atoms with van der Waals surface area (Å²) in [5.41, 5.74) is 0.373. The van der Waals surface area contributed by atoms with Gasteiger partial charge in [0.25, 0.3) is 5.91 Å². The fourth-order valence-electron chi connectivity index (χ4n) is 0.860. The van der Waals surface area contributed by atoms with E-state index < -0.39 is 11.7 Å². The van der Waals surface area contributed by atoms with Crippen molar-refractivity contribution in [1.29, 1.82) is 0 Å². The van der Waals surface area contributed by atoms with Crippen LogP contribution >= 0.6 is 15.9 Å². The summed E-state index contributed by atoms with van der Waals surface area (Å²) in [4.78, 5) is 11.0. The Morgan fingerprint density at radius 2 is 2.29 bits per heavy atom. The van der Waals surface area contributed by atoms with Gasteiger partial charge in [0.15, 0.2) is 0 Å². The second-order valence-corrected chi connectivity index (χ2v) is 3.31. The molecule has 0 saturated heterocycles. The number of halogens is 2. The van der Waals surface area contributed by atoms with E-state index in [1.165, 1.54) is 18.2 Å². The largest absolute Gasteiger partial charge is 0.314 e. The molecular formula is C10H7BrFNO. The average molecular weight is 256 g/mol. The lowest BCUT2D eigenvalue weighted by atomic mass is 10.3. The summed E-state index contributed by atoms with van der Waals surface area (Å²) >= 11 is 3.18. The maximum atomic E-state index is 12.8. The fraction of sp³-hybridized carbons (Fsp3) is 0.100. The molecule has 4 heteroatoms. The minimum absolute atomic E-state index is 0.373. The third-order valence-electron chi connectivity index (χ3n) is 1.42. The topological polar surface area (TPSA) is 29.1 Å². The summed E-state index contributed by atoms with van der Waals surface area (Å²) < 4.78 is 13.4. The van der Waals surface area contributed by atoms with E-state index in [4.69, 9.17) is 0 Å². The van der Waals surface area contributed by atoms with Crippen molar-refractivity contribution in [3.8, 4) is 11.8 Å². The summed E-state index contributed by atoms with van der Waals surface area (Å²) in [5, 5.41) is 2.45. The van der Waals surface area contributed by atoms with Crippen LogP contribution in [-0.2, 0) is 4.79 Å². The molecule has 1 aromatic rings. The van der Waals surface area contributed by atoms with Crippen molar-refractivity contribution in [2.75, 3.05) is 5.32 Å². The lowest BCUT2D eigenvalue weighted by Crippen LogP contribution is -2.08. The minimum atomic E-state index is -0.459. The van der Waals surface area contributed by atoms with Crippen molar-refractivity contribution in [3.05, 3.63) is 28.5 Å². The number of carbonyl (C=O) groups excluding carboxylic acids is 1. The van der Waals surface area contributed by atoms with Gasteiger partial charge in [0, 0.05) is 4.47 Å². The Morgan fingerprint density at radius 3 is 2.93 bits per heavy atom. The highest BCUT2D eigenvalue weighted by molar-refractivity contribution is 9.10. The van der Waals surface area contributed by atoms with Gasteiger partial charge in [0.2, 0.25) is 0 Å². The number of hydrogen-bond donors (Lipinski definition) is 1. The zero-order valence-electron chi connectivity index (χ0n) is 7.40. The summed E-state index contributed by atoms with van der Waals surface area (Å²) in [6, 6.07) is 4.04. The predicted molar refractivity (Wildman–Crippen MR) is 56.2 cm³/mol. The first-order valence-corrected chi connectivity index (χ1v) is 4.61. The molecule has 0 heterocycles. The molecular weight excluding hydrogens is 249 g/mol. The molecule has 0 atom stereocenters. The summed E-state index contributed by atoms with van der Waals surface area (Å²) in [7, 11) is 0. The van der Waals surface area contributed by atoms with Gasteiger partial charge < -0.3 is 5.32 Å². The highest BCUT2D eigenvalue weighted by atomic mass is 79.9. The Morgan fingerprint density at radius 1 is 1.57 bits per heavy atom. The molecule has 2 nitrogen and oxygen atoms in total. The van der Waals surface area contributed by atoms with E-state index in [0.717, 1.165) is 0 Å². The third kappa shape index (κ3) is 2.86. The Labute approximate surface area is 89.6 Å². The zero-order chi connectivity index (χ0) is 10.6. The first-order valence-electron chi connectivity index (χ1n) is 3.82. The van der Waals surface area contributed by atoms with E-state index in [1.807, 2.05) is 0 Å². The van der Waals surface area contributed by atoms with E-state index in [0.29, 0.717) is 10.2 Å². The van der Waals surface area contributed by atoms with Gasteiger partial charge in [-0.05, 0) is 47.0 Å². The lowest BCUT2D eigenvalue weighted by molar-refractivity contribution is -0.111. The van der Waals surface area contributed by atoms with Crippen LogP contribution in [0.25, 0.3) is 0 Å². The summed E-state index contributed by atoms with van der Waals surface area (Å²) in [6.07, 6.45) is 0. The molecule has 72 valence electrons. The molecule has 0 aliphatic rings. The SMILES string of the molecule is CC#CC(=O)Nc1cc(F)ccc1Br. The van der Waals surface area contributed by atoms with E-state index >= 15 is 0 Å². The summed E-state index contributed by atoms with van der Waals surface area (Å²) in [6.45, 7) is 1.56. The standard InChI is InChI=1S/C10H7BrFNO/c1-2-3-10(14)13-9-6-7(12)4-5-8(9)11/h4-6H,1H3,(H,13,14). The molecule has 1 aromatic carbocycles. The normalized spacial score (nSPS) is 8.79. The molecule has 0 spiro atoms. The van der Waals surface area contributed by atoms with Crippen LogP contribution in [0.2, 0.25) is 0 Å². The molecule has 14 heavy (non-hydrogen) atoms. The molecule has 0 fully saturated rings. The van der Waals surface area contributed by atoms with Crippen LogP contribution in [0, 0.1) is 17.7 Å². The minimum Gasteiger partial charge on any atom is -0.314 e. The molecule has 1 amide bonds. The van der Waals surface area contributed by atoms with E-state index in [9.17, 15) is 9.18 Å². The van der Waals surface area contributed by atoms with Gasteiger partial charge in [-0.25, -0.2) is 4.39 Å². The second kappa shape index (κ2) is 4.77. The molecule has 0 aromatic heterocycles. The number of nitrogens with one attached hydrogen (secondary N) is 1. The van der Waals surface area contributed by atoms with Crippen molar-refractivity contribution in [2.24, 2.45) is 0 Å². The third-order valence-corrected chi connectivity index (χ3v) is 2.11. The van der Waals surface area contributed by atoms with Gasteiger partial charge in [-0.1, -0.05) is 5.92 Å². The Kier molecular flexibility index (Phi) is 3.66. The molecule has 0 bridgehead atoms. The highest BCUT2D eigenvalue weighted by Crippen LogP contribution is 2.22. The Hall–Kier alpha value is -1.34. The van der Waals surface area contributed by atoms with Gasteiger partial charge in [-0.2, -0.15) is 0 Å². The van der Waals surface area contributed by atoms with Gasteiger partial charge in [0.1, 0.15) is 5.82 Å². The summed E-state index contributed by atoms with van der Waals surface area (Å²) in [5.74, 6) is 3.88. The molecule has 0 aliphatic heterocycles. The molecule has 0 unspecified atom stereocenters. The molecule has 1 N–H and O–H groups in total. The van der Waals surface area contributed by atoms with Crippen LogP contribution in [0.15, 0.2) is 22.7 Å². The van der Waals surface area contributed by atoms with E-state index in [-0.39, 0.29) is 0 Å². The zero-order valence-corrected chi connectivity index (χ0v) is 8.98. The van der Waals surface area contributed by atoms with Crippen LogP contribution in [-0.4, -0.2) is 5.91 Å². The molecule has 0 radical (unpaired) electrons. The van der Waals surface area contributed by atoms with Gasteiger partial charge in [0.05, 0.1) is 5.69 Å².